The van der Waals surface area contributed by atoms with Gasteiger partial charge in [0.05, 0.1) is 11.8 Å². The first-order chi connectivity index (χ1) is 13.9. The summed E-state index contributed by atoms with van der Waals surface area (Å²) in [7, 11) is 0. The van der Waals surface area contributed by atoms with Gasteiger partial charge in [-0.2, -0.15) is 0 Å². The number of carbonyl (C=O) groups excluding carboxylic acids is 2. The molecule has 29 heavy (non-hydrogen) atoms. The zero-order chi connectivity index (χ0) is 20.7. The Labute approximate surface area is 168 Å². The molecule has 1 saturated heterocycles. The first kappa shape index (κ1) is 18.9. The minimum atomic E-state index is -1.18. The van der Waals surface area contributed by atoms with Crippen molar-refractivity contribution in [2.75, 3.05) is 4.90 Å². The van der Waals surface area contributed by atoms with Crippen LogP contribution < -0.4 is 4.90 Å². The maximum Gasteiger partial charge on any atom is 0.300 e. The van der Waals surface area contributed by atoms with E-state index in [4.69, 9.17) is 16.0 Å². The molecule has 146 valence electrons. The molecule has 1 fully saturated rings. The molecule has 1 aromatic heterocycles. The van der Waals surface area contributed by atoms with Gasteiger partial charge in [-0.05, 0) is 48.5 Å². The Morgan fingerprint density at radius 2 is 1.76 bits per heavy atom. The van der Waals surface area contributed by atoms with Crippen LogP contribution in [0.2, 0.25) is 5.02 Å². The summed E-state index contributed by atoms with van der Waals surface area (Å²) in [5.41, 5.74) is -0.0335. The van der Waals surface area contributed by atoms with Crippen LogP contribution in [0, 0.1) is 11.6 Å². The van der Waals surface area contributed by atoms with Crippen LogP contribution in [0.3, 0.4) is 0 Å². The lowest BCUT2D eigenvalue weighted by molar-refractivity contribution is -0.132. The van der Waals surface area contributed by atoms with Gasteiger partial charge in [-0.25, -0.2) is 8.78 Å². The summed E-state index contributed by atoms with van der Waals surface area (Å²) in [6, 6.07) is 10.7. The molecule has 2 aromatic carbocycles. The Hall–Kier alpha value is -3.45. The molecule has 0 spiro atoms. The summed E-state index contributed by atoms with van der Waals surface area (Å²) in [5.74, 6) is -4.53. The number of hydrogen-bond acceptors (Lipinski definition) is 4. The summed E-state index contributed by atoms with van der Waals surface area (Å²) < 4.78 is 32.5. The lowest BCUT2D eigenvalue weighted by atomic mass is 9.99. The van der Waals surface area contributed by atoms with Gasteiger partial charge >= 0.3 is 0 Å². The molecule has 3 aromatic rings. The monoisotopic (exact) mass is 415 g/mol. The van der Waals surface area contributed by atoms with Crippen LogP contribution in [0.5, 0.6) is 0 Å². The molecule has 1 aliphatic rings. The average Bonchev–Trinajstić information content (AvgIpc) is 3.32. The van der Waals surface area contributed by atoms with Gasteiger partial charge in [-0.15, -0.1) is 0 Å². The summed E-state index contributed by atoms with van der Waals surface area (Å²) >= 11 is 5.86. The second-order valence-corrected chi connectivity index (χ2v) is 6.73. The molecular weight excluding hydrogens is 404 g/mol. The number of hydrogen-bond donors (Lipinski definition) is 1. The topological polar surface area (TPSA) is 70.8 Å². The van der Waals surface area contributed by atoms with Crippen molar-refractivity contribution in [3.63, 3.8) is 0 Å². The van der Waals surface area contributed by atoms with E-state index >= 15 is 0 Å². The van der Waals surface area contributed by atoms with Crippen LogP contribution in [0.15, 0.2) is 70.9 Å². The standard InChI is InChI=1S/C21H12ClF2NO4/c22-12-5-3-11(4-6-12)19(26)17-18(16-2-1-9-29-16)25(21(28)20(17)27)13-7-8-14(23)15(24)10-13/h1-10,18,26H/b19-17-. The number of aliphatic hydroxyl groups excluding tert-OH is 1. The fourth-order valence-corrected chi connectivity index (χ4v) is 3.34. The van der Waals surface area contributed by atoms with E-state index in [1.165, 1.54) is 42.7 Å². The number of furan rings is 1. The van der Waals surface area contributed by atoms with Crippen molar-refractivity contribution < 1.29 is 27.9 Å². The minimum absolute atomic E-state index is 0.0532. The van der Waals surface area contributed by atoms with Crippen molar-refractivity contribution in [2.24, 2.45) is 0 Å². The van der Waals surface area contributed by atoms with Crippen LogP contribution in [-0.4, -0.2) is 16.8 Å². The molecule has 4 rings (SSSR count). The highest BCUT2D eigenvalue weighted by molar-refractivity contribution is 6.51. The Morgan fingerprint density at radius 1 is 1.03 bits per heavy atom. The third-order valence-corrected chi connectivity index (χ3v) is 4.81. The molecular formula is C21H12ClF2NO4. The molecule has 2 heterocycles. The summed E-state index contributed by atoms with van der Waals surface area (Å²) in [6.45, 7) is 0. The van der Waals surface area contributed by atoms with Crippen molar-refractivity contribution in [2.45, 2.75) is 6.04 Å². The minimum Gasteiger partial charge on any atom is -0.507 e. The fourth-order valence-electron chi connectivity index (χ4n) is 3.21. The smallest absolute Gasteiger partial charge is 0.300 e. The van der Waals surface area contributed by atoms with Crippen LogP contribution in [0.25, 0.3) is 5.76 Å². The Kier molecular flexibility index (Phi) is 4.68. The number of benzene rings is 2. The summed E-state index contributed by atoms with van der Waals surface area (Å²) in [6.07, 6.45) is 1.34. The van der Waals surface area contributed by atoms with Gasteiger partial charge in [-0.3, -0.25) is 14.5 Å². The number of rotatable bonds is 3. The molecule has 1 amide bonds. The number of amides is 1. The molecule has 0 saturated carbocycles. The highest BCUT2D eigenvalue weighted by Crippen LogP contribution is 2.42. The molecule has 1 atom stereocenters. The van der Waals surface area contributed by atoms with Crippen LogP contribution in [0.1, 0.15) is 17.4 Å². The molecule has 0 radical (unpaired) electrons. The largest absolute Gasteiger partial charge is 0.507 e. The second-order valence-electron chi connectivity index (χ2n) is 6.29. The van der Waals surface area contributed by atoms with Crippen molar-refractivity contribution in [3.05, 3.63) is 94.4 Å². The summed E-state index contributed by atoms with van der Waals surface area (Å²) in [4.78, 5) is 26.5. The van der Waals surface area contributed by atoms with Crippen LogP contribution >= 0.6 is 11.6 Å². The number of halogens is 3. The predicted molar refractivity (Wildman–Crippen MR) is 101 cm³/mol. The number of Topliss-reactive ketones (excluding diaryl/α,β-unsaturated/α-hetero) is 1. The first-order valence-corrected chi connectivity index (χ1v) is 8.81. The Balaban J connectivity index is 1.92. The third-order valence-electron chi connectivity index (χ3n) is 4.56. The molecule has 0 bridgehead atoms. The van der Waals surface area contributed by atoms with Crippen LogP contribution in [0.4, 0.5) is 14.5 Å². The number of anilines is 1. The number of nitrogens with zero attached hydrogens (tertiary/aromatic N) is 1. The van der Waals surface area contributed by atoms with Crippen molar-refractivity contribution in [1.29, 1.82) is 0 Å². The predicted octanol–water partition coefficient (Wildman–Crippen LogP) is 4.84. The van der Waals surface area contributed by atoms with Gasteiger partial charge < -0.3 is 9.52 Å². The zero-order valence-corrected chi connectivity index (χ0v) is 15.4. The van der Waals surface area contributed by atoms with Crippen molar-refractivity contribution in [3.8, 4) is 0 Å². The normalized spacial score (nSPS) is 18.4. The highest BCUT2D eigenvalue weighted by Gasteiger charge is 2.48. The average molecular weight is 416 g/mol. The summed E-state index contributed by atoms with van der Waals surface area (Å²) in [5, 5.41) is 11.2. The van der Waals surface area contributed by atoms with Gasteiger partial charge in [-0.1, -0.05) is 11.6 Å². The van der Waals surface area contributed by atoms with Gasteiger partial charge in [0, 0.05) is 22.3 Å². The molecule has 1 aliphatic heterocycles. The maximum atomic E-state index is 13.8. The molecule has 1 unspecified atom stereocenters. The molecule has 1 N–H and O–H groups in total. The van der Waals surface area contributed by atoms with E-state index < -0.39 is 35.1 Å². The van der Waals surface area contributed by atoms with E-state index in [0.717, 1.165) is 17.0 Å². The van der Waals surface area contributed by atoms with E-state index in [0.29, 0.717) is 5.02 Å². The van der Waals surface area contributed by atoms with Gasteiger partial charge in [0.25, 0.3) is 11.7 Å². The fraction of sp³-hybridized carbons (Fsp3) is 0.0476. The van der Waals surface area contributed by atoms with E-state index in [1.807, 2.05) is 0 Å². The van der Waals surface area contributed by atoms with E-state index in [-0.39, 0.29) is 22.6 Å². The highest BCUT2D eigenvalue weighted by atomic mass is 35.5. The van der Waals surface area contributed by atoms with Crippen LogP contribution in [-0.2, 0) is 9.59 Å². The number of ketones is 1. The number of carbonyl (C=O) groups is 2. The number of aliphatic hydroxyl groups is 1. The van der Waals surface area contributed by atoms with E-state index in [9.17, 15) is 23.5 Å². The van der Waals surface area contributed by atoms with Gasteiger partial charge in [0.2, 0.25) is 0 Å². The quantitative estimate of drug-likeness (QED) is 0.377. The lowest BCUT2D eigenvalue weighted by Gasteiger charge is -2.23. The molecule has 8 heteroatoms. The molecule has 5 nitrogen and oxygen atoms in total. The van der Waals surface area contributed by atoms with E-state index in [1.54, 1.807) is 6.07 Å². The first-order valence-electron chi connectivity index (χ1n) is 8.44. The Bertz CT molecular complexity index is 1140. The Morgan fingerprint density at radius 3 is 2.38 bits per heavy atom. The van der Waals surface area contributed by atoms with Gasteiger partial charge in [0.1, 0.15) is 17.6 Å². The lowest BCUT2D eigenvalue weighted by Crippen LogP contribution is -2.29. The third kappa shape index (κ3) is 3.19. The molecule has 0 aliphatic carbocycles. The van der Waals surface area contributed by atoms with E-state index in [2.05, 4.69) is 0 Å². The zero-order valence-electron chi connectivity index (χ0n) is 14.6. The SMILES string of the molecule is O=C1C(=O)N(c2ccc(F)c(F)c2)C(c2ccco2)/C1=C(/O)c1ccc(Cl)cc1. The van der Waals surface area contributed by atoms with Crippen molar-refractivity contribution in [1.82, 2.24) is 0 Å². The van der Waals surface area contributed by atoms with Gasteiger partial charge in [0.15, 0.2) is 11.6 Å². The second kappa shape index (κ2) is 7.18. The maximum absolute atomic E-state index is 13.8. The van der Waals surface area contributed by atoms with Crippen molar-refractivity contribution >= 4 is 34.7 Å².